The number of hydrogen-bond acceptors (Lipinski definition) is 7. The predicted molar refractivity (Wildman–Crippen MR) is 125 cm³/mol. The molecule has 4 rings (SSSR count). The van der Waals surface area contributed by atoms with Gasteiger partial charge in [0, 0.05) is 24.2 Å². The van der Waals surface area contributed by atoms with Crippen LogP contribution in [0.25, 0.3) is 10.8 Å². The van der Waals surface area contributed by atoms with E-state index in [1.807, 2.05) is 36.4 Å². The van der Waals surface area contributed by atoms with Crippen molar-refractivity contribution in [1.29, 1.82) is 0 Å². The van der Waals surface area contributed by atoms with Gasteiger partial charge in [-0.3, -0.25) is 4.79 Å². The van der Waals surface area contributed by atoms with Gasteiger partial charge in [-0.2, -0.15) is 4.31 Å². The summed E-state index contributed by atoms with van der Waals surface area (Å²) in [5.41, 5.74) is 0.591. The van der Waals surface area contributed by atoms with E-state index in [1.165, 1.54) is 29.6 Å². The quantitative estimate of drug-likeness (QED) is 0.513. The van der Waals surface area contributed by atoms with Gasteiger partial charge in [-0.15, -0.1) is 0 Å². The summed E-state index contributed by atoms with van der Waals surface area (Å²) in [5, 5.41) is 4.56. The molecule has 1 fully saturated rings. The van der Waals surface area contributed by atoms with Crippen LogP contribution in [0, 0.1) is 0 Å². The van der Waals surface area contributed by atoms with Crippen molar-refractivity contribution in [3.63, 3.8) is 0 Å². The third kappa shape index (κ3) is 5.04. The second-order valence-electron chi connectivity index (χ2n) is 7.53. The summed E-state index contributed by atoms with van der Waals surface area (Å²) in [4.78, 5) is 24.9. The molecule has 0 unspecified atom stereocenters. The minimum Gasteiger partial charge on any atom is -0.495 e. The van der Waals surface area contributed by atoms with Gasteiger partial charge in [0.2, 0.25) is 10.0 Å². The van der Waals surface area contributed by atoms with E-state index in [1.54, 1.807) is 6.07 Å². The van der Waals surface area contributed by atoms with Gasteiger partial charge in [0.1, 0.15) is 10.6 Å². The standard InChI is InChI=1S/C24H24N2O7S/c1-31-21-10-9-18(15-22(21)34(29,30)26-11-13-32-14-12-26)24(28)33-16-23(27)25-20-8-4-6-17-5-2-3-7-19(17)20/h2-10,15H,11-14,16H2,1H3,(H,25,27). The van der Waals surface area contributed by atoms with Crippen LogP contribution in [0.15, 0.2) is 65.6 Å². The van der Waals surface area contributed by atoms with Crippen molar-refractivity contribution in [3.05, 3.63) is 66.2 Å². The molecule has 34 heavy (non-hydrogen) atoms. The van der Waals surface area contributed by atoms with E-state index in [-0.39, 0.29) is 42.5 Å². The summed E-state index contributed by atoms with van der Waals surface area (Å²) in [6, 6.07) is 17.1. The van der Waals surface area contributed by atoms with Crippen LogP contribution >= 0.6 is 0 Å². The molecular formula is C24H24N2O7S. The zero-order valence-corrected chi connectivity index (χ0v) is 19.3. The van der Waals surface area contributed by atoms with Crippen LogP contribution in [-0.4, -0.2) is 64.6 Å². The van der Waals surface area contributed by atoms with Crippen molar-refractivity contribution in [3.8, 4) is 5.75 Å². The lowest BCUT2D eigenvalue weighted by Gasteiger charge is -2.26. The number of morpholine rings is 1. The Hall–Kier alpha value is -3.47. The number of fused-ring (bicyclic) bond motifs is 1. The lowest BCUT2D eigenvalue weighted by Crippen LogP contribution is -2.40. The van der Waals surface area contributed by atoms with Gasteiger partial charge < -0.3 is 19.5 Å². The van der Waals surface area contributed by atoms with E-state index in [0.717, 1.165) is 10.8 Å². The number of ether oxygens (including phenoxy) is 3. The topological polar surface area (TPSA) is 111 Å². The normalized spacial score (nSPS) is 14.5. The maximum atomic E-state index is 13.1. The largest absolute Gasteiger partial charge is 0.495 e. The number of anilines is 1. The average Bonchev–Trinajstić information content (AvgIpc) is 2.87. The highest BCUT2D eigenvalue weighted by atomic mass is 32.2. The minimum absolute atomic E-state index is 0.00871. The summed E-state index contributed by atoms with van der Waals surface area (Å²) >= 11 is 0. The van der Waals surface area contributed by atoms with Crippen molar-refractivity contribution in [2.24, 2.45) is 0 Å². The zero-order chi connectivity index (χ0) is 24.1. The van der Waals surface area contributed by atoms with Crippen LogP contribution in [-0.2, 0) is 24.3 Å². The van der Waals surface area contributed by atoms with Gasteiger partial charge >= 0.3 is 5.97 Å². The first-order valence-electron chi connectivity index (χ1n) is 10.6. The number of methoxy groups -OCH3 is 1. The summed E-state index contributed by atoms with van der Waals surface area (Å²) in [6.45, 7) is 0.451. The maximum Gasteiger partial charge on any atom is 0.338 e. The molecule has 1 saturated heterocycles. The van der Waals surface area contributed by atoms with Crippen molar-refractivity contribution >= 4 is 38.4 Å². The Balaban J connectivity index is 1.46. The van der Waals surface area contributed by atoms with E-state index < -0.39 is 28.5 Å². The van der Waals surface area contributed by atoms with E-state index in [2.05, 4.69) is 5.32 Å². The number of nitrogens with one attached hydrogen (secondary N) is 1. The molecule has 1 N–H and O–H groups in total. The van der Waals surface area contributed by atoms with Crippen LogP contribution in [0.2, 0.25) is 0 Å². The van der Waals surface area contributed by atoms with Gasteiger partial charge in [-0.1, -0.05) is 36.4 Å². The number of sulfonamides is 1. The summed E-state index contributed by atoms with van der Waals surface area (Å²) in [6.07, 6.45) is 0. The Kier molecular flexibility index (Phi) is 7.11. The van der Waals surface area contributed by atoms with Crippen LogP contribution in [0.5, 0.6) is 5.75 Å². The Bertz CT molecular complexity index is 1310. The number of carbonyl (C=O) groups is 2. The first-order valence-corrected chi connectivity index (χ1v) is 12.0. The van der Waals surface area contributed by atoms with Gasteiger partial charge in [0.05, 0.1) is 25.9 Å². The van der Waals surface area contributed by atoms with Crippen LogP contribution < -0.4 is 10.1 Å². The van der Waals surface area contributed by atoms with Crippen molar-refractivity contribution < 1.29 is 32.2 Å². The second-order valence-corrected chi connectivity index (χ2v) is 9.44. The molecule has 1 aliphatic heterocycles. The van der Waals surface area contributed by atoms with E-state index >= 15 is 0 Å². The first-order chi connectivity index (χ1) is 16.4. The lowest BCUT2D eigenvalue weighted by atomic mass is 10.1. The fraction of sp³-hybridized carbons (Fsp3) is 0.250. The SMILES string of the molecule is COc1ccc(C(=O)OCC(=O)Nc2cccc3ccccc23)cc1S(=O)(=O)N1CCOCC1. The molecule has 0 atom stereocenters. The smallest absolute Gasteiger partial charge is 0.338 e. The molecular weight excluding hydrogens is 460 g/mol. The van der Waals surface area contributed by atoms with Crippen LogP contribution in [0.4, 0.5) is 5.69 Å². The van der Waals surface area contributed by atoms with Gasteiger partial charge in [-0.05, 0) is 29.7 Å². The van der Waals surface area contributed by atoms with E-state index in [9.17, 15) is 18.0 Å². The Morgan fingerprint density at radius 3 is 2.53 bits per heavy atom. The molecule has 3 aromatic carbocycles. The highest BCUT2D eigenvalue weighted by Gasteiger charge is 2.30. The molecule has 1 amide bonds. The molecule has 1 aliphatic rings. The van der Waals surface area contributed by atoms with Crippen LogP contribution in [0.1, 0.15) is 10.4 Å². The Morgan fingerprint density at radius 2 is 1.76 bits per heavy atom. The molecule has 0 bridgehead atoms. The van der Waals surface area contributed by atoms with Crippen molar-refractivity contribution in [1.82, 2.24) is 4.31 Å². The third-order valence-corrected chi connectivity index (χ3v) is 7.31. The summed E-state index contributed by atoms with van der Waals surface area (Å²) in [7, 11) is -2.56. The third-order valence-electron chi connectivity index (χ3n) is 5.39. The fourth-order valence-electron chi connectivity index (χ4n) is 3.67. The van der Waals surface area contributed by atoms with Crippen molar-refractivity contribution in [2.75, 3.05) is 45.3 Å². The lowest BCUT2D eigenvalue weighted by molar-refractivity contribution is -0.119. The molecule has 0 radical (unpaired) electrons. The molecule has 10 heteroatoms. The molecule has 3 aromatic rings. The second kappa shape index (κ2) is 10.2. The molecule has 9 nitrogen and oxygen atoms in total. The molecule has 0 aliphatic carbocycles. The number of benzene rings is 3. The number of hydrogen-bond donors (Lipinski definition) is 1. The number of carbonyl (C=O) groups excluding carboxylic acids is 2. The van der Waals surface area contributed by atoms with E-state index in [4.69, 9.17) is 14.2 Å². The first kappa shape index (κ1) is 23.7. The molecule has 0 spiro atoms. The number of rotatable bonds is 7. The maximum absolute atomic E-state index is 13.1. The van der Waals surface area contributed by atoms with Crippen molar-refractivity contribution in [2.45, 2.75) is 4.90 Å². The van der Waals surface area contributed by atoms with Gasteiger partial charge in [-0.25, -0.2) is 13.2 Å². The average molecular weight is 485 g/mol. The number of esters is 1. The Morgan fingerprint density at radius 1 is 1.03 bits per heavy atom. The minimum atomic E-state index is -3.91. The predicted octanol–water partition coefficient (Wildman–Crippen LogP) is 2.66. The van der Waals surface area contributed by atoms with E-state index in [0.29, 0.717) is 5.69 Å². The fourth-order valence-corrected chi connectivity index (χ4v) is 5.26. The van der Waals surface area contributed by atoms with Gasteiger partial charge in [0.25, 0.3) is 5.91 Å². The summed E-state index contributed by atoms with van der Waals surface area (Å²) in [5.74, 6) is -1.23. The Labute approximate surface area is 197 Å². The highest BCUT2D eigenvalue weighted by Crippen LogP contribution is 2.29. The molecule has 1 heterocycles. The monoisotopic (exact) mass is 484 g/mol. The number of amides is 1. The number of nitrogens with zero attached hydrogens (tertiary/aromatic N) is 1. The van der Waals surface area contributed by atoms with Crippen LogP contribution in [0.3, 0.4) is 0 Å². The highest BCUT2D eigenvalue weighted by molar-refractivity contribution is 7.89. The molecule has 0 aromatic heterocycles. The molecule has 0 saturated carbocycles. The van der Waals surface area contributed by atoms with Gasteiger partial charge in [0.15, 0.2) is 6.61 Å². The zero-order valence-electron chi connectivity index (χ0n) is 18.5. The molecule has 178 valence electrons. The summed E-state index contributed by atoms with van der Waals surface area (Å²) < 4.78 is 43.0.